The van der Waals surface area contributed by atoms with E-state index in [1.54, 1.807) is 6.07 Å². The van der Waals surface area contributed by atoms with Crippen molar-refractivity contribution in [2.24, 2.45) is 0 Å². The van der Waals surface area contributed by atoms with Crippen LogP contribution >= 0.6 is 11.6 Å². The lowest BCUT2D eigenvalue weighted by molar-refractivity contribution is -0.122. The second-order valence-electron chi connectivity index (χ2n) is 5.32. The van der Waals surface area contributed by atoms with Gasteiger partial charge in [-0.05, 0) is 24.1 Å². The number of imide groups is 1. The average Bonchev–Trinajstić information content (AvgIpc) is 2.60. The molecule has 6 heteroatoms. The van der Waals surface area contributed by atoms with E-state index in [0.717, 1.165) is 11.1 Å². The minimum atomic E-state index is -0.685. The van der Waals surface area contributed by atoms with E-state index >= 15 is 0 Å². The molecule has 0 aliphatic rings. The number of hydrogen-bond donors (Lipinski definition) is 3. The minimum Gasteiger partial charge on any atom is -0.341 e. The molecule has 0 bridgehead atoms. The first-order valence-electron chi connectivity index (χ1n) is 7.61. The average molecular weight is 346 g/mol. The molecule has 2 aromatic carbocycles. The van der Waals surface area contributed by atoms with E-state index in [9.17, 15) is 9.59 Å². The molecule has 0 saturated heterocycles. The number of hydrogen-bond acceptors (Lipinski definition) is 3. The van der Waals surface area contributed by atoms with Crippen LogP contribution in [0.5, 0.6) is 0 Å². The summed E-state index contributed by atoms with van der Waals surface area (Å²) in [6.45, 7) is 1.92. The molecule has 0 spiro atoms. The third kappa shape index (κ3) is 4.57. The summed E-state index contributed by atoms with van der Waals surface area (Å²) in [6.07, 6.45) is 0. The summed E-state index contributed by atoms with van der Waals surface area (Å²) in [6, 6.07) is 15.3. The Morgan fingerprint density at radius 2 is 1.62 bits per heavy atom. The van der Waals surface area contributed by atoms with E-state index < -0.39 is 18.0 Å². The molecule has 2 rings (SSSR count). The van der Waals surface area contributed by atoms with Crippen molar-refractivity contribution in [1.29, 1.82) is 0 Å². The van der Waals surface area contributed by atoms with Crippen LogP contribution < -0.4 is 16.0 Å². The zero-order valence-corrected chi connectivity index (χ0v) is 14.3. The number of nitrogens with one attached hydrogen (secondary N) is 3. The van der Waals surface area contributed by atoms with Crippen molar-refractivity contribution in [2.45, 2.75) is 19.0 Å². The number of urea groups is 1. The lowest BCUT2D eigenvalue weighted by Gasteiger charge is -2.23. The highest BCUT2D eigenvalue weighted by Crippen LogP contribution is 2.25. The van der Waals surface area contributed by atoms with Crippen LogP contribution in [0.1, 0.15) is 30.1 Å². The van der Waals surface area contributed by atoms with Gasteiger partial charge in [-0.3, -0.25) is 15.4 Å². The number of carbonyl (C=O) groups is 2. The smallest absolute Gasteiger partial charge is 0.321 e. The minimum absolute atomic E-state index is 0.181. The molecule has 0 aliphatic carbocycles. The topological polar surface area (TPSA) is 70.2 Å². The Kier molecular flexibility index (Phi) is 6.35. The predicted molar refractivity (Wildman–Crippen MR) is 94.8 cm³/mol. The van der Waals surface area contributed by atoms with Gasteiger partial charge in [-0.15, -0.1) is 0 Å². The highest BCUT2D eigenvalue weighted by molar-refractivity contribution is 6.31. The normalized spacial score (nSPS) is 13.0. The third-order valence-corrected chi connectivity index (χ3v) is 3.99. The van der Waals surface area contributed by atoms with Gasteiger partial charge in [0.2, 0.25) is 5.91 Å². The Morgan fingerprint density at radius 3 is 2.25 bits per heavy atom. The Hall–Kier alpha value is -2.37. The van der Waals surface area contributed by atoms with Crippen LogP contribution in [0.3, 0.4) is 0 Å². The van der Waals surface area contributed by atoms with E-state index in [1.165, 1.54) is 7.05 Å². The first-order chi connectivity index (χ1) is 11.5. The van der Waals surface area contributed by atoms with E-state index in [4.69, 9.17) is 11.6 Å². The molecule has 2 atom stereocenters. The molecule has 3 amide bonds. The summed E-state index contributed by atoms with van der Waals surface area (Å²) in [4.78, 5) is 24.0. The van der Waals surface area contributed by atoms with Crippen molar-refractivity contribution in [2.75, 3.05) is 7.05 Å². The predicted octanol–water partition coefficient (Wildman–Crippen LogP) is 3.19. The van der Waals surface area contributed by atoms with Crippen molar-refractivity contribution in [3.63, 3.8) is 0 Å². The van der Waals surface area contributed by atoms with Crippen LogP contribution in [0.4, 0.5) is 4.79 Å². The zero-order chi connectivity index (χ0) is 17.5. The van der Waals surface area contributed by atoms with E-state index in [0.29, 0.717) is 5.02 Å². The Labute approximate surface area is 146 Å². The van der Waals surface area contributed by atoms with Gasteiger partial charge in [0.15, 0.2) is 0 Å². The van der Waals surface area contributed by atoms with Gasteiger partial charge in [0.25, 0.3) is 0 Å². The molecule has 0 heterocycles. The molecule has 0 saturated carbocycles. The van der Waals surface area contributed by atoms with Gasteiger partial charge in [-0.1, -0.05) is 60.1 Å². The second-order valence-corrected chi connectivity index (χ2v) is 5.73. The van der Waals surface area contributed by atoms with Crippen LogP contribution in [0.15, 0.2) is 54.6 Å². The lowest BCUT2D eigenvalue weighted by Crippen LogP contribution is -2.44. The van der Waals surface area contributed by atoms with Crippen molar-refractivity contribution < 1.29 is 9.59 Å². The second kappa shape index (κ2) is 8.47. The van der Waals surface area contributed by atoms with Gasteiger partial charge in [0, 0.05) is 18.1 Å². The summed E-state index contributed by atoms with van der Waals surface area (Å²) in [5.41, 5.74) is 1.64. The number of rotatable bonds is 5. The molecular formula is C18H20ClN3O2. The Bertz CT molecular complexity index is 706. The number of amides is 3. The standard InChI is InChI=1S/C18H20ClN3O2/c1-12(14-10-6-7-11-15(14)19)21-16(13-8-4-3-5-9-13)17(23)22-18(24)20-2/h3-12,16,21H,1-2H3,(H2,20,22,23,24)/t12-,16-/m0/s1. The Balaban J connectivity index is 2.24. The quantitative estimate of drug-likeness (QED) is 0.779. The largest absolute Gasteiger partial charge is 0.341 e. The molecule has 0 radical (unpaired) electrons. The van der Waals surface area contributed by atoms with Gasteiger partial charge in [0.05, 0.1) is 0 Å². The molecule has 3 N–H and O–H groups in total. The maximum absolute atomic E-state index is 12.5. The van der Waals surface area contributed by atoms with Crippen LogP contribution in [0.25, 0.3) is 0 Å². The summed E-state index contributed by atoms with van der Waals surface area (Å²) in [5, 5.41) is 8.56. The van der Waals surface area contributed by atoms with Crippen molar-refractivity contribution in [1.82, 2.24) is 16.0 Å². The molecule has 24 heavy (non-hydrogen) atoms. The molecule has 0 aromatic heterocycles. The Morgan fingerprint density at radius 1 is 1.00 bits per heavy atom. The van der Waals surface area contributed by atoms with Gasteiger partial charge >= 0.3 is 6.03 Å². The first-order valence-corrected chi connectivity index (χ1v) is 7.98. The van der Waals surface area contributed by atoms with Crippen LogP contribution in [0, 0.1) is 0 Å². The van der Waals surface area contributed by atoms with Crippen LogP contribution in [0.2, 0.25) is 5.02 Å². The van der Waals surface area contributed by atoms with Crippen LogP contribution in [-0.2, 0) is 4.79 Å². The van der Waals surface area contributed by atoms with Gasteiger partial charge in [-0.2, -0.15) is 0 Å². The summed E-state index contributed by atoms with van der Waals surface area (Å²) < 4.78 is 0. The zero-order valence-electron chi connectivity index (χ0n) is 13.5. The van der Waals surface area contributed by atoms with Gasteiger partial charge in [-0.25, -0.2) is 4.79 Å². The molecular weight excluding hydrogens is 326 g/mol. The fourth-order valence-corrected chi connectivity index (χ4v) is 2.68. The molecule has 0 fully saturated rings. The third-order valence-electron chi connectivity index (χ3n) is 3.65. The van der Waals surface area contributed by atoms with Crippen LogP contribution in [-0.4, -0.2) is 19.0 Å². The maximum Gasteiger partial charge on any atom is 0.321 e. The number of halogens is 1. The van der Waals surface area contributed by atoms with Gasteiger partial charge in [0.1, 0.15) is 6.04 Å². The number of carbonyl (C=O) groups excluding carboxylic acids is 2. The van der Waals surface area contributed by atoms with Crippen molar-refractivity contribution >= 4 is 23.5 Å². The molecule has 0 aliphatic heterocycles. The fourth-order valence-electron chi connectivity index (χ4n) is 2.38. The van der Waals surface area contributed by atoms with Gasteiger partial charge < -0.3 is 5.32 Å². The summed E-state index contributed by atoms with van der Waals surface area (Å²) in [7, 11) is 1.46. The molecule has 0 unspecified atom stereocenters. The van der Waals surface area contributed by atoms with E-state index in [-0.39, 0.29) is 6.04 Å². The highest BCUT2D eigenvalue weighted by atomic mass is 35.5. The lowest BCUT2D eigenvalue weighted by atomic mass is 10.0. The molecule has 5 nitrogen and oxygen atoms in total. The molecule has 126 valence electrons. The maximum atomic E-state index is 12.5. The SMILES string of the molecule is CNC(=O)NC(=O)[C@@H](N[C@@H](C)c1ccccc1Cl)c1ccccc1. The van der Waals surface area contributed by atoms with Crippen molar-refractivity contribution in [3.8, 4) is 0 Å². The van der Waals surface area contributed by atoms with Crippen molar-refractivity contribution in [3.05, 3.63) is 70.7 Å². The monoisotopic (exact) mass is 345 g/mol. The summed E-state index contributed by atoms with van der Waals surface area (Å²) in [5.74, 6) is -0.431. The van der Waals surface area contributed by atoms with E-state index in [1.807, 2.05) is 55.5 Å². The summed E-state index contributed by atoms with van der Waals surface area (Å²) >= 11 is 6.23. The fraction of sp³-hybridized carbons (Fsp3) is 0.222. The van der Waals surface area contributed by atoms with E-state index in [2.05, 4.69) is 16.0 Å². The number of benzene rings is 2. The highest BCUT2D eigenvalue weighted by Gasteiger charge is 2.24. The first kappa shape index (κ1) is 18.0. The molecule has 2 aromatic rings.